The molecule has 0 aliphatic heterocycles. The van der Waals surface area contributed by atoms with Gasteiger partial charge in [0.1, 0.15) is 0 Å². The maximum Gasteiger partial charge on any atom is 0.0938 e. The van der Waals surface area contributed by atoms with E-state index in [1.807, 2.05) is 25.4 Å². The van der Waals surface area contributed by atoms with E-state index in [0.29, 0.717) is 5.70 Å². The Morgan fingerprint density at radius 2 is 2.29 bits per heavy atom. The van der Waals surface area contributed by atoms with Gasteiger partial charge in [-0.2, -0.15) is 5.10 Å². The van der Waals surface area contributed by atoms with E-state index < -0.39 is 0 Å². The quantitative estimate of drug-likeness (QED) is 0.814. The van der Waals surface area contributed by atoms with Crippen LogP contribution in [0, 0.1) is 0 Å². The minimum atomic E-state index is 0.644. The van der Waals surface area contributed by atoms with E-state index in [0.717, 1.165) is 16.8 Å². The summed E-state index contributed by atoms with van der Waals surface area (Å²) in [5.74, 6) is 0. The molecule has 0 aliphatic rings. The molecular formula is C13H14N4. The van der Waals surface area contributed by atoms with Crippen molar-refractivity contribution >= 4 is 5.70 Å². The van der Waals surface area contributed by atoms with Crippen LogP contribution in [0.4, 0.5) is 0 Å². The van der Waals surface area contributed by atoms with Gasteiger partial charge in [0.05, 0.1) is 5.69 Å². The Bertz CT molecular complexity index is 566. The SMILES string of the molecule is C=C/C=C(\N)c1cncc(-c2ccn(C)n2)c1. The van der Waals surface area contributed by atoms with Gasteiger partial charge in [0.25, 0.3) is 0 Å². The molecule has 2 rings (SSSR count). The topological polar surface area (TPSA) is 56.7 Å². The first-order valence-corrected chi connectivity index (χ1v) is 5.24. The molecule has 0 atom stereocenters. The highest BCUT2D eigenvalue weighted by Gasteiger charge is 2.04. The highest BCUT2D eigenvalue weighted by molar-refractivity contribution is 5.69. The van der Waals surface area contributed by atoms with Crippen molar-refractivity contribution in [3.05, 3.63) is 55.0 Å². The molecule has 0 saturated heterocycles. The van der Waals surface area contributed by atoms with Gasteiger partial charge in [0, 0.05) is 42.5 Å². The first-order valence-electron chi connectivity index (χ1n) is 5.24. The van der Waals surface area contributed by atoms with E-state index in [1.54, 1.807) is 29.2 Å². The average Bonchev–Trinajstić information content (AvgIpc) is 2.76. The summed E-state index contributed by atoms with van der Waals surface area (Å²) in [6.45, 7) is 3.62. The second-order valence-electron chi connectivity index (χ2n) is 3.69. The van der Waals surface area contributed by atoms with Crippen molar-refractivity contribution in [3.8, 4) is 11.3 Å². The van der Waals surface area contributed by atoms with Gasteiger partial charge in [-0.25, -0.2) is 0 Å². The number of pyridine rings is 1. The Labute approximate surface area is 100 Å². The first kappa shape index (κ1) is 11.1. The molecule has 2 N–H and O–H groups in total. The minimum Gasteiger partial charge on any atom is -0.398 e. The third kappa shape index (κ3) is 2.42. The smallest absolute Gasteiger partial charge is 0.0938 e. The van der Waals surface area contributed by atoms with Crippen LogP contribution in [-0.4, -0.2) is 14.8 Å². The van der Waals surface area contributed by atoms with Crippen LogP contribution in [0.5, 0.6) is 0 Å². The third-order valence-corrected chi connectivity index (χ3v) is 2.38. The molecule has 4 heteroatoms. The van der Waals surface area contributed by atoms with E-state index >= 15 is 0 Å². The van der Waals surface area contributed by atoms with E-state index in [9.17, 15) is 0 Å². The number of rotatable bonds is 3. The average molecular weight is 226 g/mol. The number of hydrogen-bond acceptors (Lipinski definition) is 3. The number of aryl methyl sites for hydroxylation is 1. The van der Waals surface area contributed by atoms with Crippen LogP contribution in [0.2, 0.25) is 0 Å². The molecule has 17 heavy (non-hydrogen) atoms. The predicted molar refractivity (Wildman–Crippen MR) is 68.8 cm³/mol. The largest absolute Gasteiger partial charge is 0.398 e. The fourth-order valence-electron chi connectivity index (χ4n) is 1.53. The molecule has 0 bridgehead atoms. The summed E-state index contributed by atoms with van der Waals surface area (Å²) in [4.78, 5) is 4.17. The van der Waals surface area contributed by atoms with Gasteiger partial charge in [-0.15, -0.1) is 0 Å². The summed E-state index contributed by atoms with van der Waals surface area (Å²) in [5, 5.41) is 4.32. The van der Waals surface area contributed by atoms with Gasteiger partial charge >= 0.3 is 0 Å². The van der Waals surface area contributed by atoms with Crippen LogP contribution in [-0.2, 0) is 7.05 Å². The van der Waals surface area contributed by atoms with E-state index in [4.69, 9.17) is 5.73 Å². The molecule has 2 aromatic heterocycles. The number of aromatic nitrogens is 3. The number of nitrogens with two attached hydrogens (primary N) is 1. The fourth-order valence-corrected chi connectivity index (χ4v) is 1.53. The molecule has 0 fully saturated rings. The molecule has 2 heterocycles. The van der Waals surface area contributed by atoms with Crippen LogP contribution < -0.4 is 5.73 Å². The van der Waals surface area contributed by atoms with E-state index in [-0.39, 0.29) is 0 Å². The van der Waals surface area contributed by atoms with Crippen molar-refractivity contribution in [2.24, 2.45) is 12.8 Å². The van der Waals surface area contributed by atoms with Crippen LogP contribution in [0.3, 0.4) is 0 Å². The summed E-state index contributed by atoms with van der Waals surface area (Å²) >= 11 is 0. The molecular weight excluding hydrogens is 212 g/mol. The van der Waals surface area contributed by atoms with E-state index in [2.05, 4.69) is 16.7 Å². The van der Waals surface area contributed by atoms with E-state index in [1.165, 1.54) is 0 Å². The van der Waals surface area contributed by atoms with Gasteiger partial charge in [-0.05, 0) is 18.2 Å². The lowest BCUT2D eigenvalue weighted by atomic mass is 10.1. The summed E-state index contributed by atoms with van der Waals surface area (Å²) in [6, 6.07) is 3.90. The Morgan fingerprint density at radius 1 is 1.47 bits per heavy atom. The summed E-state index contributed by atoms with van der Waals surface area (Å²) in [6.07, 6.45) is 8.79. The molecule has 0 spiro atoms. The van der Waals surface area contributed by atoms with Crippen LogP contribution in [0.15, 0.2) is 49.5 Å². The predicted octanol–water partition coefficient (Wildman–Crippen LogP) is 1.97. The molecule has 0 aliphatic carbocycles. The van der Waals surface area contributed by atoms with Crippen molar-refractivity contribution in [3.63, 3.8) is 0 Å². The first-order chi connectivity index (χ1) is 8.20. The number of hydrogen-bond donors (Lipinski definition) is 1. The molecule has 0 saturated carbocycles. The number of allylic oxidation sites excluding steroid dienone is 2. The molecule has 0 radical (unpaired) electrons. The zero-order valence-corrected chi connectivity index (χ0v) is 9.67. The lowest BCUT2D eigenvalue weighted by molar-refractivity contribution is 0.771. The van der Waals surface area contributed by atoms with Crippen LogP contribution >= 0.6 is 0 Å². The van der Waals surface area contributed by atoms with Gasteiger partial charge in [-0.3, -0.25) is 9.67 Å². The lowest BCUT2D eigenvalue weighted by Crippen LogP contribution is -1.97. The molecule has 4 nitrogen and oxygen atoms in total. The Morgan fingerprint density at radius 3 is 2.94 bits per heavy atom. The zero-order valence-electron chi connectivity index (χ0n) is 9.67. The highest BCUT2D eigenvalue weighted by Crippen LogP contribution is 2.19. The maximum atomic E-state index is 5.88. The van der Waals surface area contributed by atoms with Crippen LogP contribution in [0.1, 0.15) is 5.56 Å². The Kier molecular flexibility index (Phi) is 3.05. The normalized spacial score (nSPS) is 11.5. The maximum absolute atomic E-state index is 5.88. The van der Waals surface area contributed by atoms with Crippen molar-refractivity contribution in [1.82, 2.24) is 14.8 Å². The monoisotopic (exact) mass is 226 g/mol. The molecule has 86 valence electrons. The van der Waals surface area contributed by atoms with Crippen molar-refractivity contribution in [1.29, 1.82) is 0 Å². The minimum absolute atomic E-state index is 0.644. The van der Waals surface area contributed by atoms with Gasteiger partial charge in [-0.1, -0.05) is 12.7 Å². The highest BCUT2D eigenvalue weighted by atomic mass is 15.2. The fraction of sp³-hybridized carbons (Fsp3) is 0.0769. The molecule has 0 amide bonds. The summed E-state index contributed by atoms with van der Waals surface area (Å²) in [5.41, 5.74) is 9.22. The van der Waals surface area contributed by atoms with Gasteiger partial charge < -0.3 is 5.73 Å². The van der Waals surface area contributed by atoms with Gasteiger partial charge in [0.2, 0.25) is 0 Å². The van der Waals surface area contributed by atoms with Crippen LogP contribution in [0.25, 0.3) is 17.0 Å². The molecule has 2 aromatic rings. The third-order valence-electron chi connectivity index (χ3n) is 2.38. The van der Waals surface area contributed by atoms with Gasteiger partial charge in [0.15, 0.2) is 0 Å². The van der Waals surface area contributed by atoms with Crippen molar-refractivity contribution in [2.45, 2.75) is 0 Å². The number of nitrogens with zero attached hydrogens (tertiary/aromatic N) is 3. The Hall–Kier alpha value is -2.36. The summed E-state index contributed by atoms with van der Waals surface area (Å²) < 4.78 is 1.75. The lowest BCUT2D eigenvalue weighted by Gasteiger charge is -2.02. The second kappa shape index (κ2) is 4.65. The van der Waals surface area contributed by atoms with Crippen molar-refractivity contribution < 1.29 is 0 Å². The summed E-state index contributed by atoms with van der Waals surface area (Å²) in [7, 11) is 1.88. The molecule has 0 aromatic carbocycles. The zero-order chi connectivity index (χ0) is 12.3. The second-order valence-corrected chi connectivity index (χ2v) is 3.69. The Balaban J connectivity index is 2.41. The van der Waals surface area contributed by atoms with Crippen molar-refractivity contribution in [2.75, 3.05) is 0 Å². The standard InChI is InChI=1S/C13H14N4/c1-3-4-12(14)10-7-11(9-15-8-10)13-5-6-17(2)16-13/h3-9H,1,14H2,2H3/b12-4-. The molecule has 0 unspecified atom stereocenters.